The Labute approximate surface area is 105 Å². The van der Waals surface area contributed by atoms with Crippen LogP contribution in [0.15, 0.2) is 23.1 Å². The minimum absolute atomic E-state index is 0.459. The molecule has 1 unspecified atom stereocenters. The molecule has 0 saturated carbocycles. The first-order valence-electron chi connectivity index (χ1n) is 5.10. The van der Waals surface area contributed by atoms with Gasteiger partial charge in [0.15, 0.2) is 0 Å². The Morgan fingerprint density at radius 1 is 1.38 bits per heavy atom. The Bertz CT molecular complexity index is 391. The number of halogens is 1. The van der Waals surface area contributed by atoms with Gasteiger partial charge in [0, 0.05) is 10.1 Å². The van der Waals surface area contributed by atoms with E-state index in [9.17, 15) is 4.79 Å². The molecule has 0 fully saturated rings. The molecule has 1 N–H and O–H groups in total. The van der Waals surface area contributed by atoms with Crippen LogP contribution in [0.3, 0.4) is 0 Å². The topological polar surface area (TPSA) is 37.3 Å². The summed E-state index contributed by atoms with van der Waals surface area (Å²) in [5.41, 5.74) is 0.741. The van der Waals surface area contributed by atoms with Gasteiger partial charge in [-0.3, -0.25) is 4.79 Å². The molecule has 1 aromatic carbocycles. The summed E-state index contributed by atoms with van der Waals surface area (Å²) >= 11 is 7.78. The van der Waals surface area contributed by atoms with Crippen molar-refractivity contribution < 1.29 is 9.90 Å². The third-order valence-corrected chi connectivity index (χ3v) is 3.70. The summed E-state index contributed by atoms with van der Waals surface area (Å²) in [4.78, 5) is 11.8. The first kappa shape index (κ1) is 13.4. The average Bonchev–Trinajstić information content (AvgIpc) is 2.19. The average molecular weight is 259 g/mol. The minimum Gasteiger partial charge on any atom is -0.481 e. The molecule has 1 rings (SSSR count). The van der Waals surface area contributed by atoms with E-state index in [1.165, 1.54) is 0 Å². The van der Waals surface area contributed by atoms with Crippen LogP contribution in [0.4, 0.5) is 0 Å². The maximum Gasteiger partial charge on any atom is 0.310 e. The molecule has 16 heavy (non-hydrogen) atoms. The molecule has 0 aliphatic heterocycles. The van der Waals surface area contributed by atoms with Crippen molar-refractivity contribution in [2.24, 2.45) is 0 Å². The van der Waals surface area contributed by atoms with E-state index in [0.29, 0.717) is 10.3 Å². The molecule has 0 aliphatic rings. The minimum atomic E-state index is -0.833. The van der Waals surface area contributed by atoms with Gasteiger partial charge in [0.1, 0.15) is 0 Å². The molecule has 2 nitrogen and oxygen atoms in total. The van der Waals surface area contributed by atoms with Crippen LogP contribution in [0.25, 0.3) is 0 Å². The highest BCUT2D eigenvalue weighted by atomic mass is 35.5. The highest BCUT2D eigenvalue weighted by Crippen LogP contribution is 2.32. The van der Waals surface area contributed by atoms with Gasteiger partial charge in [-0.1, -0.05) is 31.5 Å². The summed E-state index contributed by atoms with van der Waals surface area (Å²) < 4.78 is 0. The second-order valence-corrected chi connectivity index (χ2v) is 5.94. The number of carbonyl (C=O) groups is 1. The summed E-state index contributed by atoms with van der Waals surface area (Å²) in [6.45, 7) is 5.84. The Kier molecular flexibility index (Phi) is 4.69. The zero-order valence-electron chi connectivity index (χ0n) is 9.53. The molecule has 0 saturated heterocycles. The number of carboxylic acids is 1. The van der Waals surface area contributed by atoms with Crippen LogP contribution in [0, 0.1) is 0 Å². The van der Waals surface area contributed by atoms with Gasteiger partial charge in [-0.2, -0.15) is 0 Å². The number of aliphatic carboxylic acids is 1. The van der Waals surface area contributed by atoms with Crippen LogP contribution in [0.5, 0.6) is 0 Å². The Balaban J connectivity index is 2.95. The molecule has 88 valence electrons. The van der Waals surface area contributed by atoms with Crippen molar-refractivity contribution >= 4 is 29.3 Å². The Morgan fingerprint density at radius 2 is 2.00 bits per heavy atom. The number of rotatable bonds is 4. The van der Waals surface area contributed by atoms with Crippen LogP contribution >= 0.6 is 23.4 Å². The lowest BCUT2D eigenvalue weighted by molar-refractivity contribution is -0.138. The fourth-order valence-corrected chi connectivity index (χ4v) is 2.43. The van der Waals surface area contributed by atoms with E-state index in [1.807, 2.05) is 12.1 Å². The summed E-state index contributed by atoms with van der Waals surface area (Å²) in [5, 5.41) is 9.98. The lowest BCUT2D eigenvalue weighted by Crippen LogP contribution is -2.07. The number of hydrogen-bond donors (Lipinski definition) is 1. The van der Waals surface area contributed by atoms with Gasteiger partial charge in [-0.15, -0.1) is 11.8 Å². The summed E-state index contributed by atoms with van der Waals surface area (Å²) in [6.07, 6.45) is 0. The van der Waals surface area contributed by atoms with Crippen LogP contribution in [-0.2, 0) is 4.79 Å². The highest BCUT2D eigenvalue weighted by molar-refractivity contribution is 8.00. The molecule has 0 amide bonds. The fourth-order valence-electron chi connectivity index (χ4n) is 1.28. The number of hydrogen-bond acceptors (Lipinski definition) is 2. The summed E-state index contributed by atoms with van der Waals surface area (Å²) in [6, 6.07) is 5.46. The van der Waals surface area contributed by atoms with E-state index in [1.54, 1.807) is 24.8 Å². The van der Waals surface area contributed by atoms with Crippen LogP contribution in [0.2, 0.25) is 5.02 Å². The maximum atomic E-state index is 10.8. The van der Waals surface area contributed by atoms with Crippen LogP contribution in [-0.4, -0.2) is 16.3 Å². The molecule has 0 aliphatic carbocycles. The van der Waals surface area contributed by atoms with Crippen molar-refractivity contribution in [2.75, 3.05) is 0 Å². The first-order chi connectivity index (χ1) is 7.41. The van der Waals surface area contributed by atoms with Gasteiger partial charge in [0.2, 0.25) is 0 Å². The molecule has 1 atom stereocenters. The monoisotopic (exact) mass is 258 g/mol. The molecular weight excluding hydrogens is 244 g/mol. The third-order valence-electron chi connectivity index (χ3n) is 2.19. The lowest BCUT2D eigenvalue weighted by atomic mass is 10.0. The number of carboxylic acid groups (broad SMARTS) is 1. The molecule has 4 heteroatoms. The molecule has 0 heterocycles. The third kappa shape index (κ3) is 3.42. The normalized spacial score (nSPS) is 12.8. The summed E-state index contributed by atoms with van der Waals surface area (Å²) in [7, 11) is 0. The van der Waals surface area contributed by atoms with E-state index in [2.05, 4.69) is 13.8 Å². The zero-order valence-corrected chi connectivity index (χ0v) is 11.1. The Morgan fingerprint density at radius 3 is 2.44 bits per heavy atom. The van der Waals surface area contributed by atoms with Crippen molar-refractivity contribution in [3.63, 3.8) is 0 Å². The SMILES string of the molecule is CC(C)Sc1ccc(C(C)C(=O)O)cc1Cl. The molecule has 0 aromatic heterocycles. The molecule has 0 radical (unpaired) electrons. The largest absolute Gasteiger partial charge is 0.481 e. The van der Waals surface area contributed by atoms with Gasteiger partial charge >= 0.3 is 5.97 Å². The highest BCUT2D eigenvalue weighted by Gasteiger charge is 2.15. The fraction of sp³-hybridized carbons (Fsp3) is 0.417. The van der Waals surface area contributed by atoms with Crippen molar-refractivity contribution in [3.8, 4) is 0 Å². The Hall–Kier alpha value is -0.670. The predicted octanol–water partition coefficient (Wildman–Crippen LogP) is 4.03. The predicted molar refractivity (Wildman–Crippen MR) is 68.5 cm³/mol. The lowest BCUT2D eigenvalue weighted by Gasteiger charge is -2.11. The van der Waals surface area contributed by atoms with E-state index in [0.717, 1.165) is 10.5 Å². The van der Waals surface area contributed by atoms with Crippen molar-refractivity contribution in [1.82, 2.24) is 0 Å². The zero-order chi connectivity index (χ0) is 12.3. The maximum absolute atomic E-state index is 10.8. The molecule has 1 aromatic rings. The van der Waals surface area contributed by atoms with Gasteiger partial charge < -0.3 is 5.11 Å². The molecular formula is C12H15ClO2S. The van der Waals surface area contributed by atoms with Gasteiger partial charge in [0.05, 0.1) is 10.9 Å². The second kappa shape index (κ2) is 5.60. The quantitative estimate of drug-likeness (QED) is 0.829. The smallest absolute Gasteiger partial charge is 0.310 e. The van der Waals surface area contributed by atoms with Crippen LogP contribution < -0.4 is 0 Å². The standard InChI is InChI=1S/C12H15ClO2S/c1-7(2)16-11-5-4-9(6-10(11)13)8(3)12(14)15/h4-8H,1-3H3,(H,14,15). The van der Waals surface area contributed by atoms with E-state index in [-0.39, 0.29) is 0 Å². The number of thioether (sulfide) groups is 1. The molecule has 0 bridgehead atoms. The van der Waals surface area contributed by atoms with Crippen LogP contribution in [0.1, 0.15) is 32.3 Å². The van der Waals surface area contributed by atoms with E-state index in [4.69, 9.17) is 16.7 Å². The van der Waals surface area contributed by atoms with Gasteiger partial charge in [0.25, 0.3) is 0 Å². The first-order valence-corrected chi connectivity index (χ1v) is 6.36. The second-order valence-electron chi connectivity index (χ2n) is 3.92. The molecule has 0 spiro atoms. The summed E-state index contributed by atoms with van der Waals surface area (Å²) in [5.74, 6) is -1.35. The van der Waals surface area contributed by atoms with Gasteiger partial charge in [-0.05, 0) is 24.6 Å². The van der Waals surface area contributed by atoms with Crippen molar-refractivity contribution in [2.45, 2.75) is 36.8 Å². The van der Waals surface area contributed by atoms with E-state index >= 15 is 0 Å². The van der Waals surface area contributed by atoms with Crippen molar-refractivity contribution in [1.29, 1.82) is 0 Å². The van der Waals surface area contributed by atoms with Gasteiger partial charge in [-0.25, -0.2) is 0 Å². The van der Waals surface area contributed by atoms with Crippen molar-refractivity contribution in [3.05, 3.63) is 28.8 Å². The number of benzene rings is 1. The van der Waals surface area contributed by atoms with E-state index < -0.39 is 11.9 Å².